The summed E-state index contributed by atoms with van der Waals surface area (Å²) in [6, 6.07) is 2.44. The van der Waals surface area contributed by atoms with Crippen molar-refractivity contribution in [2.75, 3.05) is 6.54 Å². The monoisotopic (exact) mass is 339 g/mol. The van der Waals surface area contributed by atoms with Crippen molar-refractivity contribution in [1.82, 2.24) is 15.1 Å². The van der Waals surface area contributed by atoms with Crippen molar-refractivity contribution in [1.29, 1.82) is 0 Å². The van der Waals surface area contributed by atoms with Crippen molar-refractivity contribution in [3.63, 3.8) is 0 Å². The quantitative estimate of drug-likeness (QED) is 0.856. The van der Waals surface area contributed by atoms with Crippen LogP contribution in [-0.4, -0.2) is 16.3 Å². The van der Waals surface area contributed by atoms with Gasteiger partial charge in [0.1, 0.15) is 5.76 Å². The van der Waals surface area contributed by atoms with Crippen LogP contribution < -0.4 is 5.32 Å². The molecule has 1 unspecified atom stereocenters. The number of hydrogen-bond donors (Lipinski definition) is 1. The summed E-state index contributed by atoms with van der Waals surface area (Å²) in [6.07, 6.45) is 4.70. The van der Waals surface area contributed by atoms with Crippen LogP contribution in [0.3, 0.4) is 0 Å². The third-order valence-corrected chi connectivity index (χ3v) is 3.97. The number of halogens is 1. The summed E-state index contributed by atoms with van der Waals surface area (Å²) < 4.78 is 8.57. The van der Waals surface area contributed by atoms with Gasteiger partial charge in [0.15, 0.2) is 0 Å². The fourth-order valence-corrected chi connectivity index (χ4v) is 2.87. The van der Waals surface area contributed by atoms with Gasteiger partial charge in [-0.05, 0) is 55.7 Å². The van der Waals surface area contributed by atoms with Gasteiger partial charge in [-0.15, -0.1) is 0 Å². The highest BCUT2D eigenvalue weighted by molar-refractivity contribution is 9.10. The highest BCUT2D eigenvalue weighted by atomic mass is 79.9. The van der Waals surface area contributed by atoms with Crippen LogP contribution in [0.5, 0.6) is 0 Å². The first-order valence-electron chi connectivity index (χ1n) is 7.06. The normalized spacial score (nSPS) is 13.1. The summed E-state index contributed by atoms with van der Waals surface area (Å²) in [5, 5.41) is 8.08. The summed E-state index contributed by atoms with van der Waals surface area (Å²) in [6.45, 7) is 9.40. The summed E-state index contributed by atoms with van der Waals surface area (Å²) in [7, 11) is 0. The van der Waals surface area contributed by atoms with E-state index >= 15 is 0 Å². The Morgan fingerprint density at radius 2 is 2.20 bits per heavy atom. The predicted molar refractivity (Wildman–Crippen MR) is 83.9 cm³/mol. The van der Waals surface area contributed by atoms with Gasteiger partial charge in [0, 0.05) is 11.6 Å². The summed E-state index contributed by atoms with van der Waals surface area (Å²) in [5.74, 6) is 0.946. The van der Waals surface area contributed by atoms with Gasteiger partial charge in [-0.1, -0.05) is 6.92 Å². The smallest absolute Gasteiger partial charge is 0.105 e. The lowest BCUT2D eigenvalue weighted by Gasteiger charge is -2.22. The second-order valence-corrected chi connectivity index (χ2v) is 6.09. The maximum absolute atomic E-state index is 5.48. The number of aryl methyl sites for hydroxylation is 1. The maximum atomic E-state index is 5.48. The highest BCUT2D eigenvalue weighted by Gasteiger charge is 2.25. The fraction of sp³-hybridized carbons (Fsp3) is 0.533. The Morgan fingerprint density at radius 1 is 1.45 bits per heavy atom. The summed E-state index contributed by atoms with van der Waals surface area (Å²) in [4.78, 5) is 0. The largest absolute Gasteiger partial charge is 0.469 e. The van der Waals surface area contributed by atoms with E-state index in [9.17, 15) is 0 Å². The molecular formula is C15H22BrN3O. The lowest BCUT2D eigenvalue weighted by atomic mass is 10.0. The van der Waals surface area contributed by atoms with Gasteiger partial charge in [-0.2, -0.15) is 5.10 Å². The van der Waals surface area contributed by atoms with Crippen LogP contribution in [0.2, 0.25) is 0 Å². The maximum Gasteiger partial charge on any atom is 0.105 e. The Morgan fingerprint density at radius 3 is 2.75 bits per heavy atom. The highest BCUT2D eigenvalue weighted by Crippen LogP contribution is 2.32. The molecule has 2 aromatic rings. The molecule has 1 N–H and O–H groups in total. The van der Waals surface area contributed by atoms with Gasteiger partial charge < -0.3 is 9.73 Å². The van der Waals surface area contributed by atoms with E-state index in [1.54, 1.807) is 6.26 Å². The molecule has 0 fully saturated rings. The number of hydrogen-bond acceptors (Lipinski definition) is 3. The van der Waals surface area contributed by atoms with E-state index in [4.69, 9.17) is 4.42 Å². The van der Waals surface area contributed by atoms with Crippen molar-refractivity contribution in [3.8, 4) is 0 Å². The molecular weight excluding hydrogens is 318 g/mol. The van der Waals surface area contributed by atoms with E-state index in [0.29, 0.717) is 6.04 Å². The molecule has 0 bridgehead atoms. The molecule has 2 rings (SSSR count). The lowest BCUT2D eigenvalue weighted by Crippen LogP contribution is -2.27. The Bertz CT molecular complexity index is 559. The molecule has 0 saturated heterocycles. The average Bonchev–Trinajstić information content (AvgIpc) is 2.98. The topological polar surface area (TPSA) is 43.0 Å². The molecule has 2 aromatic heterocycles. The van der Waals surface area contributed by atoms with E-state index in [-0.39, 0.29) is 6.04 Å². The van der Waals surface area contributed by atoms with E-state index in [2.05, 4.69) is 51.8 Å². The van der Waals surface area contributed by atoms with Crippen LogP contribution >= 0.6 is 15.9 Å². The molecule has 0 aromatic carbocycles. The van der Waals surface area contributed by atoms with Gasteiger partial charge in [0.05, 0.1) is 28.7 Å². The zero-order valence-electron chi connectivity index (χ0n) is 12.5. The van der Waals surface area contributed by atoms with E-state index in [1.807, 2.05) is 19.2 Å². The van der Waals surface area contributed by atoms with Gasteiger partial charge in [0.2, 0.25) is 0 Å². The minimum atomic E-state index is 0.0907. The fourth-order valence-electron chi connectivity index (χ4n) is 2.37. The number of rotatable bonds is 6. The molecule has 0 radical (unpaired) electrons. The van der Waals surface area contributed by atoms with E-state index in [1.165, 1.54) is 5.56 Å². The van der Waals surface area contributed by atoms with Crippen LogP contribution in [0, 0.1) is 6.92 Å². The number of nitrogens with zero attached hydrogens (tertiary/aromatic N) is 2. The second-order valence-electron chi connectivity index (χ2n) is 5.24. The molecule has 1 atom stereocenters. The first kappa shape index (κ1) is 15.3. The van der Waals surface area contributed by atoms with Crippen LogP contribution in [0.4, 0.5) is 0 Å². The minimum absolute atomic E-state index is 0.0907. The summed E-state index contributed by atoms with van der Waals surface area (Å²) >= 11 is 3.63. The molecule has 0 saturated carbocycles. The van der Waals surface area contributed by atoms with Crippen LogP contribution in [0.25, 0.3) is 0 Å². The van der Waals surface area contributed by atoms with Gasteiger partial charge in [-0.25, -0.2) is 0 Å². The molecule has 0 aliphatic heterocycles. The molecule has 4 nitrogen and oxygen atoms in total. The molecule has 0 spiro atoms. The molecule has 110 valence electrons. The van der Waals surface area contributed by atoms with Gasteiger partial charge in [0.25, 0.3) is 0 Å². The Labute approximate surface area is 128 Å². The zero-order chi connectivity index (χ0) is 14.7. The van der Waals surface area contributed by atoms with Crippen LogP contribution in [-0.2, 0) is 0 Å². The number of furan rings is 1. The van der Waals surface area contributed by atoms with Crippen molar-refractivity contribution < 1.29 is 4.42 Å². The number of aromatic nitrogens is 2. The third kappa shape index (κ3) is 2.99. The van der Waals surface area contributed by atoms with Crippen molar-refractivity contribution in [2.24, 2.45) is 0 Å². The standard InChI is InChI=1S/C15H22BrN3O/c1-5-7-17-14(12-6-8-20-11(12)4)15-13(16)9-18-19(15)10(2)3/h6,8-10,14,17H,5,7H2,1-4H3. The minimum Gasteiger partial charge on any atom is -0.469 e. The second kappa shape index (κ2) is 6.59. The van der Waals surface area contributed by atoms with E-state index < -0.39 is 0 Å². The molecule has 0 aliphatic carbocycles. The predicted octanol–water partition coefficient (Wildman–Crippen LogP) is 4.22. The third-order valence-electron chi connectivity index (χ3n) is 3.36. The average molecular weight is 340 g/mol. The van der Waals surface area contributed by atoms with Crippen LogP contribution in [0.1, 0.15) is 56.3 Å². The lowest BCUT2D eigenvalue weighted by molar-refractivity contribution is 0.463. The molecule has 0 amide bonds. The van der Waals surface area contributed by atoms with Gasteiger partial charge >= 0.3 is 0 Å². The van der Waals surface area contributed by atoms with Crippen molar-refractivity contribution >= 4 is 15.9 Å². The SMILES string of the molecule is CCCNC(c1ccoc1C)c1c(Br)cnn1C(C)C. The Balaban J connectivity index is 2.46. The van der Waals surface area contributed by atoms with Crippen LogP contribution in [0.15, 0.2) is 27.4 Å². The molecule has 20 heavy (non-hydrogen) atoms. The Kier molecular flexibility index (Phi) is 5.05. The van der Waals surface area contributed by atoms with Gasteiger partial charge in [-0.3, -0.25) is 4.68 Å². The first-order valence-corrected chi connectivity index (χ1v) is 7.85. The number of nitrogens with one attached hydrogen (secondary N) is 1. The van der Waals surface area contributed by atoms with Crippen molar-refractivity contribution in [2.45, 2.75) is 46.2 Å². The van der Waals surface area contributed by atoms with Crippen molar-refractivity contribution in [3.05, 3.63) is 40.0 Å². The summed E-state index contributed by atoms with van der Waals surface area (Å²) in [5.41, 5.74) is 2.32. The van der Waals surface area contributed by atoms with E-state index in [0.717, 1.165) is 28.9 Å². The Hall–Kier alpha value is -1.07. The molecule has 0 aliphatic rings. The zero-order valence-corrected chi connectivity index (χ0v) is 14.1. The molecule has 5 heteroatoms. The first-order chi connectivity index (χ1) is 9.56. The molecule has 2 heterocycles.